The normalized spacial score (nSPS) is 10.7. The number of hydrogen-bond donors (Lipinski definition) is 1. The molecule has 3 aromatic carbocycles. The molecular formula is C22H16N4O4. The number of carbonyl (C=O) groups is 1. The first-order valence-corrected chi connectivity index (χ1v) is 9.12. The van der Waals surface area contributed by atoms with Crippen LogP contribution in [0.5, 0.6) is 0 Å². The quantitative estimate of drug-likeness (QED) is 0.407. The van der Waals surface area contributed by atoms with Gasteiger partial charge in [-0.05, 0) is 22.9 Å². The van der Waals surface area contributed by atoms with E-state index in [9.17, 15) is 19.7 Å². The Morgan fingerprint density at radius 2 is 1.77 bits per heavy atom. The lowest BCUT2D eigenvalue weighted by atomic mass is 10.0. The first-order valence-electron chi connectivity index (χ1n) is 9.12. The van der Waals surface area contributed by atoms with E-state index in [1.807, 2.05) is 42.5 Å². The number of nitro benzene ring substituents is 1. The summed E-state index contributed by atoms with van der Waals surface area (Å²) in [6.07, 6.45) is 0. The van der Waals surface area contributed by atoms with E-state index in [0.29, 0.717) is 5.69 Å². The van der Waals surface area contributed by atoms with E-state index < -0.39 is 16.4 Å². The zero-order valence-electron chi connectivity index (χ0n) is 15.7. The summed E-state index contributed by atoms with van der Waals surface area (Å²) in [5.41, 5.74) is 1.12. The molecule has 0 bridgehead atoms. The third kappa shape index (κ3) is 3.93. The maximum Gasteiger partial charge on any atom is 0.271 e. The molecule has 0 unspecified atom stereocenters. The fourth-order valence-electron chi connectivity index (χ4n) is 3.19. The third-order valence-corrected chi connectivity index (χ3v) is 4.57. The fraction of sp³-hybridized carbons (Fsp3) is 0.0455. The average Bonchev–Trinajstić information content (AvgIpc) is 2.75. The number of nitrogens with one attached hydrogen (secondary N) is 1. The summed E-state index contributed by atoms with van der Waals surface area (Å²) in [6.45, 7) is -0.319. The first-order chi connectivity index (χ1) is 14.5. The van der Waals surface area contributed by atoms with Crippen LogP contribution in [0.25, 0.3) is 22.0 Å². The van der Waals surface area contributed by atoms with Crippen LogP contribution in [0, 0.1) is 10.1 Å². The summed E-state index contributed by atoms with van der Waals surface area (Å²) < 4.78 is 1.07. The van der Waals surface area contributed by atoms with Gasteiger partial charge >= 0.3 is 0 Å². The zero-order chi connectivity index (χ0) is 21.1. The van der Waals surface area contributed by atoms with Crippen LogP contribution >= 0.6 is 0 Å². The lowest BCUT2D eigenvalue weighted by Gasteiger charge is -2.10. The Bertz CT molecular complexity index is 1320. The highest BCUT2D eigenvalue weighted by molar-refractivity contribution is 5.95. The van der Waals surface area contributed by atoms with Gasteiger partial charge in [-0.1, -0.05) is 48.5 Å². The average molecular weight is 400 g/mol. The number of aromatic nitrogens is 2. The molecule has 4 rings (SSSR count). The predicted octanol–water partition coefficient (Wildman–Crippen LogP) is 3.61. The standard InChI is InChI=1S/C22H16N4O4/c27-21(23-16-7-4-8-17(13-16)26(29)30)14-25-22(28)12-11-20(24-25)19-10-3-6-15-5-1-2-9-18(15)19/h1-13H,14H2,(H,23,27). The molecule has 0 saturated carbocycles. The molecule has 0 fully saturated rings. The molecule has 1 aromatic heterocycles. The fourth-order valence-corrected chi connectivity index (χ4v) is 3.19. The number of nitrogens with zero attached hydrogens (tertiary/aromatic N) is 3. The first kappa shape index (κ1) is 19.0. The summed E-state index contributed by atoms with van der Waals surface area (Å²) in [4.78, 5) is 35.0. The summed E-state index contributed by atoms with van der Waals surface area (Å²) in [5.74, 6) is -0.514. The van der Waals surface area contributed by atoms with Crippen LogP contribution < -0.4 is 10.9 Å². The Labute approximate surface area is 170 Å². The molecule has 0 aliphatic rings. The minimum Gasteiger partial charge on any atom is -0.324 e. The lowest BCUT2D eigenvalue weighted by Crippen LogP contribution is -2.29. The zero-order valence-corrected chi connectivity index (χ0v) is 15.7. The Hall–Kier alpha value is -4.33. The van der Waals surface area contributed by atoms with Crippen molar-refractivity contribution >= 4 is 28.1 Å². The second kappa shape index (κ2) is 7.96. The van der Waals surface area contributed by atoms with Crippen LogP contribution in [0.4, 0.5) is 11.4 Å². The highest BCUT2D eigenvalue weighted by Crippen LogP contribution is 2.26. The summed E-state index contributed by atoms with van der Waals surface area (Å²) in [6, 6.07) is 22.2. The molecule has 1 amide bonds. The number of carbonyl (C=O) groups excluding carboxylic acids is 1. The Kier molecular flexibility index (Phi) is 5.04. The monoisotopic (exact) mass is 400 g/mol. The summed E-state index contributed by atoms with van der Waals surface area (Å²) >= 11 is 0. The number of non-ortho nitro benzene ring substituents is 1. The van der Waals surface area contributed by atoms with Crippen LogP contribution in [0.2, 0.25) is 0 Å². The van der Waals surface area contributed by atoms with Gasteiger partial charge in [-0.2, -0.15) is 5.10 Å². The third-order valence-electron chi connectivity index (χ3n) is 4.57. The second-order valence-electron chi connectivity index (χ2n) is 6.60. The van der Waals surface area contributed by atoms with Crippen LogP contribution in [-0.4, -0.2) is 20.6 Å². The van der Waals surface area contributed by atoms with Crippen molar-refractivity contribution in [2.75, 3.05) is 5.32 Å². The Morgan fingerprint density at radius 1 is 1.00 bits per heavy atom. The number of amides is 1. The van der Waals surface area contributed by atoms with Gasteiger partial charge in [0.15, 0.2) is 0 Å². The van der Waals surface area contributed by atoms with E-state index in [2.05, 4.69) is 10.4 Å². The van der Waals surface area contributed by atoms with E-state index in [-0.39, 0.29) is 17.9 Å². The molecule has 0 spiro atoms. The predicted molar refractivity (Wildman–Crippen MR) is 113 cm³/mol. The summed E-state index contributed by atoms with van der Waals surface area (Å²) in [7, 11) is 0. The van der Waals surface area contributed by atoms with Gasteiger partial charge in [0.1, 0.15) is 6.54 Å². The maximum absolute atomic E-state index is 12.4. The lowest BCUT2D eigenvalue weighted by molar-refractivity contribution is -0.384. The molecule has 1 N–H and O–H groups in total. The van der Waals surface area contributed by atoms with E-state index >= 15 is 0 Å². The molecule has 0 aliphatic heterocycles. The molecule has 1 heterocycles. The van der Waals surface area contributed by atoms with Gasteiger partial charge in [-0.3, -0.25) is 19.7 Å². The minimum absolute atomic E-state index is 0.138. The number of fused-ring (bicyclic) bond motifs is 1. The second-order valence-corrected chi connectivity index (χ2v) is 6.60. The van der Waals surface area contributed by atoms with E-state index in [4.69, 9.17) is 0 Å². The molecule has 0 atom stereocenters. The van der Waals surface area contributed by atoms with Crippen LogP contribution in [0.1, 0.15) is 0 Å². The van der Waals surface area contributed by atoms with Gasteiger partial charge in [-0.25, -0.2) is 4.68 Å². The van der Waals surface area contributed by atoms with Crippen molar-refractivity contribution in [3.63, 3.8) is 0 Å². The van der Waals surface area contributed by atoms with Crippen molar-refractivity contribution in [1.29, 1.82) is 0 Å². The van der Waals surface area contributed by atoms with Crippen LogP contribution in [0.15, 0.2) is 83.7 Å². The van der Waals surface area contributed by atoms with Crippen molar-refractivity contribution in [1.82, 2.24) is 9.78 Å². The molecule has 8 nitrogen and oxygen atoms in total. The van der Waals surface area contributed by atoms with Crippen molar-refractivity contribution in [2.45, 2.75) is 6.54 Å². The van der Waals surface area contributed by atoms with Gasteiger partial charge in [0, 0.05) is 29.4 Å². The largest absolute Gasteiger partial charge is 0.324 e. The smallest absolute Gasteiger partial charge is 0.271 e. The minimum atomic E-state index is -0.546. The summed E-state index contributed by atoms with van der Waals surface area (Å²) in [5, 5.41) is 19.8. The number of benzene rings is 3. The van der Waals surface area contributed by atoms with E-state index in [1.54, 1.807) is 6.07 Å². The number of rotatable bonds is 5. The molecule has 0 radical (unpaired) electrons. The van der Waals surface area contributed by atoms with E-state index in [1.165, 1.54) is 30.3 Å². The molecule has 4 aromatic rings. The number of nitro groups is 1. The van der Waals surface area contributed by atoms with Crippen LogP contribution in [0.3, 0.4) is 0 Å². The molecule has 8 heteroatoms. The van der Waals surface area contributed by atoms with Gasteiger partial charge in [0.25, 0.3) is 11.2 Å². The molecule has 0 saturated heterocycles. The number of hydrogen-bond acceptors (Lipinski definition) is 5. The Balaban J connectivity index is 1.61. The number of anilines is 1. The highest BCUT2D eigenvalue weighted by atomic mass is 16.6. The van der Waals surface area contributed by atoms with Gasteiger partial charge < -0.3 is 5.32 Å². The van der Waals surface area contributed by atoms with Crippen LogP contribution in [-0.2, 0) is 11.3 Å². The van der Waals surface area contributed by atoms with Gasteiger partial charge in [0.05, 0.1) is 10.6 Å². The Morgan fingerprint density at radius 3 is 2.60 bits per heavy atom. The SMILES string of the molecule is O=C(Cn1nc(-c2cccc3ccccc23)ccc1=O)Nc1cccc([N+](=O)[O-])c1. The molecule has 148 valence electrons. The van der Waals surface area contributed by atoms with Crippen molar-refractivity contribution in [3.05, 3.63) is 99.3 Å². The van der Waals surface area contributed by atoms with Crippen molar-refractivity contribution in [3.8, 4) is 11.3 Å². The highest BCUT2D eigenvalue weighted by Gasteiger charge is 2.12. The topological polar surface area (TPSA) is 107 Å². The van der Waals surface area contributed by atoms with Crippen molar-refractivity contribution in [2.24, 2.45) is 0 Å². The van der Waals surface area contributed by atoms with Crippen molar-refractivity contribution < 1.29 is 9.72 Å². The maximum atomic E-state index is 12.4. The molecule has 30 heavy (non-hydrogen) atoms. The van der Waals surface area contributed by atoms with E-state index in [0.717, 1.165) is 21.0 Å². The molecular weight excluding hydrogens is 384 g/mol. The molecule has 0 aliphatic carbocycles. The van der Waals surface area contributed by atoms with Gasteiger partial charge in [-0.15, -0.1) is 0 Å². The van der Waals surface area contributed by atoms with Gasteiger partial charge in [0.2, 0.25) is 5.91 Å².